The summed E-state index contributed by atoms with van der Waals surface area (Å²) in [4.78, 5) is 0. The SMILES string of the molecule is COc1cc(O)ccc1C1COc2cc(O)ccc2C1O. The highest BCUT2D eigenvalue weighted by molar-refractivity contribution is 5.48. The number of rotatable bonds is 2. The topological polar surface area (TPSA) is 79.2 Å². The Labute approximate surface area is 122 Å². The van der Waals surface area contributed by atoms with Crippen LogP contribution >= 0.6 is 0 Å². The van der Waals surface area contributed by atoms with Crippen LogP contribution in [-0.2, 0) is 0 Å². The van der Waals surface area contributed by atoms with Crippen molar-refractivity contribution in [3.8, 4) is 23.0 Å². The standard InChI is InChI=1S/C16H16O5/c1-20-14-6-9(17)2-4-11(14)13-8-21-15-7-10(18)3-5-12(15)16(13)19/h2-7,13,16-19H,8H2,1H3. The van der Waals surface area contributed by atoms with Gasteiger partial charge in [0.1, 0.15) is 23.0 Å². The molecule has 0 radical (unpaired) electrons. The van der Waals surface area contributed by atoms with Crippen molar-refractivity contribution in [2.24, 2.45) is 0 Å². The fourth-order valence-electron chi connectivity index (χ4n) is 2.65. The summed E-state index contributed by atoms with van der Waals surface area (Å²) in [5.41, 5.74) is 1.39. The minimum absolute atomic E-state index is 0.0987. The molecule has 0 aromatic heterocycles. The summed E-state index contributed by atoms with van der Waals surface area (Å²) in [6, 6.07) is 9.43. The van der Waals surface area contributed by atoms with Crippen molar-refractivity contribution in [1.29, 1.82) is 0 Å². The molecule has 1 aliphatic heterocycles. The summed E-state index contributed by atoms with van der Waals surface area (Å²) in [6.07, 6.45) is -0.771. The van der Waals surface area contributed by atoms with E-state index in [9.17, 15) is 15.3 Å². The third-order valence-electron chi connectivity index (χ3n) is 3.73. The molecule has 110 valence electrons. The van der Waals surface area contributed by atoms with Crippen molar-refractivity contribution < 1.29 is 24.8 Å². The number of methoxy groups -OCH3 is 1. The number of phenols is 2. The van der Waals surface area contributed by atoms with Gasteiger partial charge in [0.05, 0.1) is 25.7 Å². The number of benzene rings is 2. The van der Waals surface area contributed by atoms with Gasteiger partial charge in [-0.05, 0) is 18.2 Å². The Morgan fingerprint density at radius 3 is 2.43 bits per heavy atom. The molecule has 0 spiro atoms. The molecule has 3 N–H and O–H groups in total. The van der Waals surface area contributed by atoms with Crippen LogP contribution in [0.1, 0.15) is 23.1 Å². The lowest BCUT2D eigenvalue weighted by Gasteiger charge is -2.31. The molecule has 21 heavy (non-hydrogen) atoms. The van der Waals surface area contributed by atoms with Crippen LogP contribution in [0.15, 0.2) is 36.4 Å². The van der Waals surface area contributed by atoms with Gasteiger partial charge in [0, 0.05) is 23.3 Å². The molecule has 0 aliphatic carbocycles. The summed E-state index contributed by atoms with van der Waals surface area (Å²) in [5, 5.41) is 29.6. The molecule has 2 unspecified atom stereocenters. The summed E-state index contributed by atoms with van der Waals surface area (Å²) >= 11 is 0. The van der Waals surface area contributed by atoms with E-state index in [0.29, 0.717) is 17.1 Å². The number of aliphatic hydroxyl groups excluding tert-OH is 1. The second-order valence-electron chi connectivity index (χ2n) is 5.01. The smallest absolute Gasteiger partial charge is 0.128 e. The maximum absolute atomic E-state index is 10.6. The molecule has 2 aromatic carbocycles. The fourth-order valence-corrected chi connectivity index (χ4v) is 2.65. The molecule has 5 heteroatoms. The predicted molar refractivity (Wildman–Crippen MR) is 76.0 cm³/mol. The average Bonchev–Trinajstić information content (AvgIpc) is 2.48. The Morgan fingerprint density at radius 1 is 1.05 bits per heavy atom. The van der Waals surface area contributed by atoms with Gasteiger partial charge in [0.25, 0.3) is 0 Å². The number of phenolic OH excluding ortho intramolecular Hbond substituents is 2. The van der Waals surface area contributed by atoms with Crippen LogP contribution in [0.5, 0.6) is 23.0 Å². The molecule has 1 aliphatic rings. The van der Waals surface area contributed by atoms with E-state index in [4.69, 9.17) is 9.47 Å². The van der Waals surface area contributed by atoms with Gasteiger partial charge in [0.2, 0.25) is 0 Å². The zero-order chi connectivity index (χ0) is 15.0. The fraction of sp³-hybridized carbons (Fsp3) is 0.250. The minimum Gasteiger partial charge on any atom is -0.508 e. The summed E-state index contributed by atoms with van der Waals surface area (Å²) in [7, 11) is 1.51. The van der Waals surface area contributed by atoms with Crippen molar-refractivity contribution in [3.63, 3.8) is 0 Å². The van der Waals surface area contributed by atoms with Crippen LogP contribution in [-0.4, -0.2) is 29.0 Å². The lowest BCUT2D eigenvalue weighted by Crippen LogP contribution is -2.24. The van der Waals surface area contributed by atoms with Gasteiger partial charge >= 0.3 is 0 Å². The molecule has 0 amide bonds. The largest absolute Gasteiger partial charge is 0.508 e. The summed E-state index contributed by atoms with van der Waals surface area (Å²) in [5.74, 6) is 0.882. The van der Waals surface area contributed by atoms with Crippen LogP contribution in [0.4, 0.5) is 0 Å². The van der Waals surface area contributed by atoms with Gasteiger partial charge < -0.3 is 24.8 Å². The molecule has 1 heterocycles. The van der Waals surface area contributed by atoms with Crippen molar-refractivity contribution in [1.82, 2.24) is 0 Å². The molecule has 2 aromatic rings. The van der Waals surface area contributed by atoms with Crippen LogP contribution in [0.25, 0.3) is 0 Å². The van der Waals surface area contributed by atoms with E-state index in [1.165, 1.54) is 25.3 Å². The van der Waals surface area contributed by atoms with Crippen molar-refractivity contribution in [2.45, 2.75) is 12.0 Å². The molecule has 0 saturated carbocycles. The third kappa shape index (κ3) is 2.36. The number of hydrogen-bond acceptors (Lipinski definition) is 5. The van der Waals surface area contributed by atoms with E-state index in [-0.39, 0.29) is 24.0 Å². The van der Waals surface area contributed by atoms with Crippen molar-refractivity contribution >= 4 is 0 Å². The highest BCUT2D eigenvalue weighted by Crippen LogP contribution is 2.44. The zero-order valence-electron chi connectivity index (χ0n) is 11.5. The van der Waals surface area contributed by atoms with E-state index in [1.807, 2.05) is 0 Å². The highest BCUT2D eigenvalue weighted by atomic mass is 16.5. The van der Waals surface area contributed by atoms with Gasteiger partial charge in [-0.2, -0.15) is 0 Å². The molecule has 5 nitrogen and oxygen atoms in total. The van der Waals surface area contributed by atoms with E-state index in [0.717, 1.165) is 5.56 Å². The normalized spacial score (nSPS) is 20.5. The Balaban J connectivity index is 2.00. The zero-order valence-corrected chi connectivity index (χ0v) is 11.5. The van der Waals surface area contributed by atoms with Crippen LogP contribution < -0.4 is 9.47 Å². The number of fused-ring (bicyclic) bond motifs is 1. The van der Waals surface area contributed by atoms with Gasteiger partial charge in [-0.1, -0.05) is 6.07 Å². The molecular formula is C16H16O5. The molecule has 3 rings (SSSR count). The maximum atomic E-state index is 10.6. The Hall–Kier alpha value is -2.40. The molecule has 2 atom stereocenters. The Kier molecular flexibility index (Phi) is 3.35. The molecular weight excluding hydrogens is 272 g/mol. The first kappa shape index (κ1) is 13.6. The third-order valence-corrected chi connectivity index (χ3v) is 3.73. The number of hydrogen-bond donors (Lipinski definition) is 3. The van der Waals surface area contributed by atoms with Crippen LogP contribution in [0.2, 0.25) is 0 Å². The lowest BCUT2D eigenvalue weighted by atomic mass is 9.87. The minimum atomic E-state index is -0.771. The Morgan fingerprint density at radius 2 is 1.71 bits per heavy atom. The second-order valence-corrected chi connectivity index (χ2v) is 5.01. The van der Waals surface area contributed by atoms with E-state index in [2.05, 4.69) is 0 Å². The predicted octanol–water partition coefficient (Wildman–Crippen LogP) is 2.32. The summed E-state index contributed by atoms with van der Waals surface area (Å²) < 4.78 is 10.9. The van der Waals surface area contributed by atoms with Gasteiger partial charge in [-0.3, -0.25) is 0 Å². The second kappa shape index (κ2) is 5.18. The molecule has 0 fully saturated rings. The van der Waals surface area contributed by atoms with Crippen LogP contribution in [0.3, 0.4) is 0 Å². The Bertz CT molecular complexity index is 668. The number of ether oxygens (including phenoxy) is 2. The number of aromatic hydroxyl groups is 2. The lowest BCUT2D eigenvalue weighted by molar-refractivity contribution is 0.0875. The molecule has 0 bridgehead atoms. The van der Waals surface area contributed by atoms with E-state index < -0.39 is 6.10 Å². The first-order chi connectivity index (χ1) is 10.1. The first-order valence-corrected chi connectivity index (χ1v) is 6.61. The van der Waals surface area contributed by atoms with Gasteiger partial charge in [0.15, 0.2) is 0 Å². The average molecular weight is 288 g/mol. The van der Waals surface area contributed by atoms with Gasteiger partial charge in [-0.25, -0.2) is 0 Å². The van der Waals surface area contributed by atoms with Crippen molar-refractivity contribution in [2.75, 3.05) is 13.7 Å². The number of aliphatic hydroxyl groups is 1. The first-order valence-electron chi connectivity index (χ1n) is 6.61. The van der Waals surface area contributed by atoms with E-state index >= 15 is 0 Å². The quantitative estimate of drug-likeness (QED) is 0.790. The van der Waals surface area contributed by atoms with E-state index in [1.54, 1.807) is 18.2 Å². The van der Waals surface area contributed by atoms with Crippen molar-refractivity contribution in [3.05, 3.63) is 47.5 Å². The monoisotopic (exact) mass is 288 g/mol. The van der Waals surface area contributed by atoms with Gasteiger partial charge in [-0.15, -0.1) is 0 Å². The van der Waals surface area contributed by atoms with Crippen LogP contribution in [0, 0.1) is 0 Å². The summed E-state index contributed by atoms with van der Waals surface area (Å²) in [6.45, 7) is 0.263. The maximum Gasteiger partial charge on any atom is 0.128 e. The molecule has 0 saturated heterocycles. The highest BCUT2D eigenvalue weighted by Gasteiger charge is 2.32.